The average Bonchev–Trinajstić information content (AvgIpc) is 2.79. The van der Waals surface area contributed by atoms with Gasteiger partial charge in [-0.3, -0.25) is 4.79 Å². The van der Waals surface area contributed by atoms with Gasteiger partial charge in [-0.1, -0.05) is 78.9 Å². The summed E-state index contributed by atoms with van der Waals surface area (Å²) in [5, 5.41) is 3.63. The Kier molecular flexibility index (Phi) is 5.43. The number of carbonyl (C=O) groups excluding carboxylic acids is 2. The molecule has 0 saturated heterocycles. The SMILES string of the molecule is O=CC(Cc1ccccc1)NC(=O)c1cc(-c2ccccc2)nc2ccccc12. The lowest BCUT2D eigenvalue weighted by Gasteiger charge is -2.15. The van der Waals surface area contributed by atoms with Crippen LogP contribution in [0.1, 0.15) is 15.9 Å². The third kappa shape index (κ3) is 4.22. The second kappa shape index (κ2) is 8.48. The van der Waals surface area contributed by atoms with Gasteiger partial charge < -0.3 is 10.1 Å². The number of hydrogen-bond donors (Lipinski definition) is 1. The summed E-state index contributed by atoms with van der Waals surface area (Å²) in [6.45, 7) is 0. The average molecular weight is 380 g/mol. The van der Waals surface area contributed by atoms with E-state index in [0.29, 0.717) is 12.0 Å². The van der Waals surface area contributed by atoms with Gasteiger partial charge in [-0.25, -0.2) is 4.98 Å². The number of carbonyl (C=O) groups is 2. The van der Waals surface area contributed by atoms with E-state index in [1.807, 2.05) is 84.9 Å². The Bertz CT molecular complexity index is 1140. The number of para-hydroxylation sites is 1. The molecule has 3 aromatic carbocycles. The maximum atomic E-state index is 13.1. The van der Waals surface area contributed by atoms with Gasteiger partial charge in [0.15, 0.2) is 0 Å². The van der Waals surface area contributed by atoms with Crippen LogP contribution in [0.3, 0.4) is 0 Å². The maximum absolute atomic E-state index is 13.1. The van der Waals surface area contributed by atoms with Gasteiger partial charge in [0.1, 0.15) is 6.29 Å². The van der Waals surface area contributed by atoms with Crippen LogP contribution < -0.4 is 5.32 Å². The number of hydrogen-bond acceptors (Lipinski definition) is 3. The van der Waals surface area contributed by atoms with Crippen LogP contribution in [0, 0.1) is 0 Å². The lowest BCUT2D eigenvalue weighted by atomic mass is 10.0. The summed E-state index contributed by atoms with van der Waals surface area (Å²) in [5.41, 5.74) is 3.90. The molecule has 1 amide bonds. The third-order valence-corrected chi connectivity index (χ3v) is 4.81. The maximum Gasteiger partial charge on any atom is 0.252 e. The van der Waals surface area contributed by atoms with E-state index in [0.717, 1.165) is 34.0 Å². The van der Waals surface area contributed by atoms with E-state index in [4.69, 9.17) is 4.98 Å². The van der Waals surface area contributed by atoms with Crippen LogP contribution in [-0.2, 0) is 11.2 Å². The van der Waals surface area contributed by atoms with Crippen molar-refractivity contribution < 1.29 is 9.59 Å². The zero-order chi connectivity index (χ0) is 20.1. The van der Waals surface area contributed by atoms with Gasteiger partial charge in [-0.05, 0) is 24.1 Å². The van der Waals surface area contributed by atoms with Crippen LogP contribution in [0.15, 0.2) is 91.0 Å². The molecule has 1 N–H and O–H groups in total. The van der Waals surface area contributed by atoms with Crippen molar-refractivity contribution in [1.82, 2.24) is 10.3 Å². The summed E-state index contributed by atoms with van der Waals surface area (Å²) < 4.78 is 0. The van der Waals surface area contributed by atoms with E-state index in [9.17, 15) is 9.59 Å². The first-order chi connectivity index (χ1) is 14.2. The number of rotatable bonds is 6. The lowest BCUT2D eigenvalue weighted by Crippen LogP contribution is -2.37. The molecule has 1 atom stereocenters. The molecule has 0 saturated carbocycles. The Morgan fingerprint density at radius 2 is 1.55 bits per heavy atom. The summed E-state index contributed by atoms with van der Waals surface area (Å²) >= 11 is 0. The van der Waals surface area contributed by atoms with E-state index >= 15 is 0 Å². The van der Waals surface area contributed by atoms with Gasteiger partial charge in [0.05, 0.1) is 22.8 Å². The van der Waals surface area contributed by atoms with Crippen LogP contribution in [0.4, 0.5) is 0 Å². The van der Waals surface area contributed by atoms with Crippen LogP contribution >= 0.6 is 0 Å². The molecule has 1 unspecified atom stereocenters. The summed E-state index contributed by atoms with van der Waals surface area (Å²) in [6.07, 6.45) is 1.23. The lowest BCUT2D eigenvalue weighted by molar-refractivity contribution is -0.109. The van der Waals surface area contributed by atoms with Gasteiger partial charge in [0.25, 0.3) is 5.91 Å². The highest BCUT2D eigenvalue weighted by molar-refractivity contribution is 6.07. The van der Waals surface area contributed by atoms with Crippen molar-refractivity contribution in [2.75, 3.05) is 0 Å². The summed E-state index contributed by atoms with van der Waals surface area (Å²) in [7, 11) is 0. The van der Waals surface area contributed by atoms with Gasteiger partial charge in [-0.15, -0.1) is 0 Å². The van der Waals surface area contributed by atoms with E-state index in [2.05, 4.69) is 5.32 Å². The molecular formula is C25H20N2O2. The van der Waals surface area contributed by atoms with Crippen LogP contribution in [0.5, 0.6) is 0 Å². The first kappa shape index (κ1) is 18.6. The minimum Gasteiger partial charge on any atom is -0.342 e. The number of aromatic nitrogens is 1. The molecule has 1 heterocycles. The molecular weight excluding hydrogens is 360 g/mol. The van der Waals surface area contributed by atoms with Gasteiger partial charge in [0.2, 0.25) is 0 Å². The molecule has 0 bridgehead atoms. The van der Waals surface area contributed by atoms with Crippen LogP contribution in [0.25, 0.3) is 22.2 Å². The molecule has 29 heavy (non-hydrogen) atoms. The number of nitrogens with one attached hydrogen (secondary N) is 1. The number of fused-ring (bicyclic) bond motifs is 1. The fraction of sp³-hybridized carbons (Fsp3) is 0.0800. The molecule has 1 aromatic heterocycles. The number of pyridine rings is 1. The first-order valence-electron chi connectivity index (χ1n) is 9.50. The quantitative estimate of drug-likeness (QED) is 0.503. The van der Waals surface area contributed by atoms with Crippen molar-refractivity contribution in [3.63, 3.8) is 0 Å². The predicted molar refractivity (Wildman–Crippen MR) is 115 cm³/mol. The fourth-order valence-electron chi connectivity index (χ4n) is 3.37. The Labute approximate surface area is 169 Å². The topological polar surface area (TPSA) is 59.1 Å². The molecule has 4 aromatic rings. The highest BCUT2D eigenvalue weighted by Gasteiger charge is 2.17. The van der Waals surface area contributed by atoms with Crippen LogP contribution in [0.2, 0.25) is 0 Å². The van der Waals surface area contributed by atoms with Crippen molar-refractivity contribution in [3.05, 3.63) is 102 Å². The number of nitrogens with zero attached hydrogens (tertiary/aromatic N) is 1. The fourth-order valence-corrected chi connectivity index (χ4v) is 3.37. The van der Waals surface area contributed by atoms with E-state index in [1.165, 1.54) is 0 Å². The number of benzene rings is 3. The molecule has 142 valence electrons. The Hall–Kier alpha value is -3.79. The van der Waals surface area contributed by atoms with Crippen molar-refractivity contribution in [1.29, 1.82) is 0 Å². The largest absolute Gasteiger partial charge is 0.342 e. The predicted octanol–water partition coefficient (Wildman–Crippen LogP) is 4.44. The van der Waals surface area contributed by atoms with Crippen molar-refractivity contribution in [2.45, 2.75) is 12.5 Å². The smallest absolute Gasteiger partial charge is 0.252 e. The molecule has 0 aliphatic heterocycles. The van der Waals surface area contributed by atoms with Gasteiger partial charge in [0, 0.05) is 10.9 Å². The van der Waals surface area contributed by atoms with E-state index in [1.54, 1.807) is 6.07 Å². The standard InChI is InChI=1S/C25H20N2O2/c28-17-20(15-18-9-3-1-4-10-18)26-25(29)22-16-24(19-11-5-2-6-12-19)27-23-14-8-7-13-21(22)23/h1-14,16-17,20H,15H2,(H,26,29). The Balaban J connectivity index is 1.68. The highest BCUT2D eigenvalue weighted by Crippen LogP contribution is 2.25. The monoisotopic (exact) mass is 380 g/mol. The molecule has 4 nitrogen and oxygen atoms in total. The molecule has 0 aliphatic rings. The summed E-state index contributed by atoms with van der Waals surface area (Å²) in [4.78, 5) is 29.4. The molecule has 4 rings (SSSR count). The van der Waals surface area contributed by atoms with E-state index < -0.39 is 6.04 Å². The van der Waals surface area contributed by atoms with Crippen molar-refractivity contribution in [3.8, 4) is 11.3 Å². The molecule has 0 radical (unpaired) electrons. The third-order valence-electron chi connectivity index (χ3n) is 4.81. The van der Waals surface area contributed by atoms with Crippen LogP contribution in [-0.4, -0.2) is 23.2 Å². The van der Waals surface area contributed by atoms with Crippen molar-refractivity contribution >= 4 is 23.1 Å². The molecule has 4 heteroatoms. The summed E-state index contributed by atoms with van der Waals surface area (Å²) in [6, 6.07) is 28.1. The molecule has 0 fully saturated rings. The second-order valence-electron chi connectivity index (χ2n) is 6.84. The molecule has 0 spiro atoms. The van der Waals surface area contributed by atoms with Gasteiger partial charge in [-0.2, -0.15) is 0 Å². The molecule has 0 aliphatic carbocycles. The Morgan fingerprint density at radius 3 is 2.28 bits per heavy atom. The van der Waals surface area contributed by atoms with Gasteiger partial charge >= 0.3 is 0 Å². The second-order valence-corrected chi connectivity index (χ2v) is 6.84. The zero-order valence-corrected chi connectivity index (χ0v) is 15.8. The minimum absolute atomic E-state index is 0.284. The highest BCUT2D eigenvalue weighted by atomic mass is 16.2. The number of aldehydes is 1. The normalized spacial score (nSPS) is 11.7. The summed E-state index contributed by atoms with van der Waals surface area (Å²) in [5.74, 6) is -0.284. The zero-order valence-electron chi connectivity index (χ0n) is 15.8. The first-order valence-corrected chi connectivity index (χ1v) is 9.50. The Morgan fingerprint density at radius 1 is 0.897 bits per heavy atom. The van der Waals surface area contributed by atoms with Crippen molar-refractivity contribution in [2.24, 2.45) is 0 Å². The number of amides is 1. The minimum atomic E-state index is -0.600. The van der Waals surface area contributed by atoms with E-state index in [-0.39, 0.29) is 5.91 Å².